The Morgan fingerprint density at radius 1 is 1.07 bits per heavy atom. The number of nitrogens with two attached hydrogens (primary N) is 1. The highest BCUT2D eigenvalue weighted by Gasteiger charge is 2.44. The maximum absolute atomic E-state index is 11.0. The van der Waals surface area contributed by atoms with E-state index < -0.39 is 12.2 Å². The Kier molecular flexibility index (Phi) is 7.21. The van der Waals surface area contributed by atoms with Crippen LogP contribution in [0.1, 0.15) is 77.0 Å². The molecule has 2 aromatic heterocycles. The number of fused-ring (bicyclic) bond motifs is 2. The van der Waals surface area contributed by atoms with E-state index in [0.717, 1.165) is 37.2 Å². The molecule has 6 rings (SSSR count). The van der Waals surface area contributed by atoms with E-state index >= 15 is 0 Å². The molecular formula is C32H44N6O2. The lowest BCUT2D eigenvalue weighted by atomic mass is 9.76. The Labute approximate surface area is 237 Å². The van der Waals surface area contributed by atoms with Crippen molar-refractivity contribution in [2.45, 2.75) is 95.9 Å². The summed E-state index contributed by atoms with van der Waals surface area (Å²) >= 11 is 0. The second kappa shape index (κ2) is 10.5. The van der Waals surface area contributed by atoms with E-state index in [0.29, 0.717) is 23.9 Å². The summed E-state index contributed by atoms with van der Waals surface area (Å²) in [6.45, 7) is 10.7. The van der Waals surface area contributed by atoms with Crippen molar-refractivity contribution in [3.8, 4) is 0 Å². The largest absolute Gasteiger partial charge is 0.390 e. The van der Waals surface area contributed by atoms with Crippen LogP contribution in [0.25, 0.3) is 11.0 Å². The van der Waals surface area contributed by atoms with Gasteiger partial charge in [-0.1, -0.05) is 39.8 Å². The number of nitrogens with zero attached hydrogens (tertiary/aromatic N) is 5. The van der Waals surface area contributed by atoms with Gasteiger partial charge >= 0.3 is 0 Å². The first kappa shape index (κ1) is 27.4. The van der Waals surface area contributed by atoms with Crippen LogP contribution in [0.4, 0.5) is 11.5 Å². The van der Waals surface area contributed by atoms with Crippen molar-refractivity contribution in [1.29, 1.82) is 0 Å². The quantitative estimate of drug-likeness (QED) is 0.375. The molecule has 0 unspecified atom stereocenters. The number of aliphatic hydroxyl groups is 2. The molecule has 2 aliphatic carbocycles. The molecular weight excluding hydrogens is 500 g/mol. The molecule has 3 heterocycles. The number of hydrogen-bond acceptors (Lipinski definition) is 7. The number of aliphatic imine (C=N–C) groups is 1. The Hall–Kier alpha value is -2.81. The van der Waals surface area contributed by atoms with Gasteiger partial charge in [-0.3, -0.25) is 4.99 Å². The molecule has 2 saturated carbocycles. The van der Waals surface area contributed by atoms with Gasteiger partial charge in [-0.05, 0) is 73.2 Å². The summed E-state index contributed by atoms with van der Waals surface area (Å²) in [5, 5.41) is 22.8. The Bertz CT molecular complexity index is 1400. The standard InChI is InChI=1S/C32H44N6O2/c1-5-37(17-21-15-27(29(40)28(21)39)38-11-10-25-30(33)34-18-35-31(25)38)24-12-19(13-24)6-9-23-14-20-7-8-22(32(2,3)4)16-26(20)36-23/h7-8,10-11,16,18-19,21,24,27-29,39-40H,5-6,9,12-15,17H2,1-4H3,(H2,33,34,35)/t19?,21-,24?,27-,28-,29+/m1/s1. The van der Waals surface area contributed by atoms with E-state index in [1.165, 1.54) is 48.1 Å². The van der Waals surface area contributed by atoms with Gasteiger partial charge in [0.05, 0.1) is 23.2 Å². The highest BCUT2D eigenvalue weighted by Crippen LogP contribution is 2.41. The van der Waals surface area contributed by atoms with Crippen LogP contribution in [-0.2, 0) is 11.8 Å². The van der Waals surface area contributed by atoms with Crippen molar-refractivity contribution in [3.63, 3.8) is 0 Å². The number of rotatable bonds is 8. The summed E-state index contributed by atoms with van der Waals surface area (Å²) in [6.07, 6.45) is 8.16. The zero-order valence-corrected chi connectivity index (χ0v) is 24.3. The average molecular weight is 545 g/mol. The van der Waals surface area contributed by atoms with Crippen LogP contribution in [0.2, 0.25) is 0 Å². The van der Waals surface area contributed by atoms with E-state index in [1.807, 2.05) is 16.8 Å². The van der Waals surface area contributed by atoms with Crippen molar-refractivity contribution >= 4 is 28.3 Å². The van der Waals surface area contributed by atoms with Crippen LogP contribution in [0.5, 0.6) is 0 Å². The minimum absolute atomic E-state index is 0.0139. The first-order valence-electron chi connectivity index (χ1n) is 15.0. The SMILES string of the molecule is CCN(C[C@H]1C[C@@H](n2ccc3c(N)ncnc32)[C@H](O)[C@@H]1O)C1CC(CCC2=Nc3cc(C(C)(C)C)ccc3C2)C1. The van der Waals surface area contributed by atoms with Crippen molar-refractivity contribution in [2.75, 3.05) is 18.8 Å². The van der Waals surface area contributed by atoms with Crippen LogP contribution in [0, 0.1) is 11.8 Å². The predicted molar refractivity (Wildman–Crippen MR) is 160 cm³/mol. The Morgan fingerprint density at radius 3 is 2.62 bits per heavy atom. The fourth-order valence-corrected chi connectivity index (χ4v) is 7.11. The molecule has 0 spiro atoms. The molecule has 0 saturated heterocycles. The van der Waals surface area contributed by atoms with Crippen molar-refractivity contribution in [1.82, 2.24) is 19.4 Å². The summed E-state index contributed by atoms with van der Waals surface area (Å²) in [7, 11) is 0. The van der Waals surface area contributed by atoms with Crippen LogP contribution in [0.3, 0.4) is 0 Å². The van der Waals surface area contributed by atoms with Gasteiger partial charge in [0.1, 0.15) is 23.9 Å². The van der Waals surface area contributed by atoms with Gasteiger partial charge in [0.15, 0.2) is 0 Å². The summed E-state index contributed by atoms with van der Waals surface area (Å²) < 4.78 is 1.96. The predicted octanol–water partition coefficient (Wildman–Crippen LogP) is 4.80. The molecule has 8 heteroatoms. The minimum Gasteiger partial charge on any atom is -0.390 e. The highest BCUT2D eigenvalue weighted by molar-refractivity contribution is 5.94. The average Bonchev–Trinajstić information content (AvgIpc) is 3.58. The molecule has 40 heavy (non-hydrogen) atoms. The van der Waals surface area contributed by atoms with Crippen LogP contribution >= 0.6 is 0 Å². The van der Waals surface area contributed by atoms with Gasteiger partial charge in [-0.15, -0.1) is 0 Å². The number of aliphatic hydroxyl groups excluding tert-OH is 2. The Morgan fingerprint density at radius 2 is 1.88 bits per heavy atom. The summed E-state index contributed by atoms with van der Waals surface area (Å²) in [4.78, 5) is 16.0. The number of anilines is 1. The van der Waals surface area contributed by atoms with Gasteiger partial charge in [0, 0.05) is 36.8 Å². The third kappa shape index (κ3) is 5.06. The van der Waals surface area contributed by atoms with Crippen molar-refractivity contribution < 1.29 is 10.2 Å². The molecule has 0 amide bonds. The molecule has 214 valence electrons. The third-order valence-corrected chi connectivity index (χ3v) is 9.74. The number of aromatic nitrogens is 3. The van der Waals surface area contributed by atoms with Gasteiger partial charge < -0.3 is 25.4 Å². The lowest BCUT2D eigenvalue weighted by molar-refractivity contribution is -0.0100. The topological polar surface area (TPSA) is 113 Å². The number of benzene rings is 1. The first-order chi connectivity index (χ1) is 19.1. The summed E-state index contributed by atoms with van der Waals surface area (Å²) in [6, 6.07) is 9.03. The van der Waals surface area contributed by atoms with Crippen LogP contribution in [0.15, 0.2) is 41.8 Å². The lowest BCUT2D eigenvalue weighted by Gasteiger charge is -2.44. The molecule has 1 aliphatic heterocycles. The molecule has 3 aromatic rings. The van der Waals surface area contributed by atoms with E-state index in [-0.39, 0.29) is 17.4 Å². The molecule has 8 nitrogen and oxygen atoms in total. The van der Waals surface area contributed by atoms with Gasteiger partial charge in [-0.25, -0.2) is 9.97 Å². The number of hydrogen-bond donors (Lipinski definition) is 3. The van der Waals surface area contributed by atoms with Crippen molar-refractivity contribution in [3.05, 3.63) is 47.9 Å². The fourth-order valence-electron chi connectivity index (χ4n) is 7.11. The van der Waals surface area contributed by atoms with Gasteiger partial charge in [0.25, 0.3) is 0 Å². The zero-order valence-electron chi connectivity index (χ0n) is 24.3. The minimum atomic E-state index is -0.833. The monoisotopic (exact) mass is 544 g/mol. The molecule has 4 atom stereocenters. The molecule has 0 radical (unpaired) electrons. The highest BCUT2D eigenvalue weighted by atomic mass is 16.3. The molecule has 2 fully saturated rings. The molecule has 3 aliphatic rings. The van der Waals surface area contributed by atoms with E-state index in [1.54, 1.807) is 0 Å². The molecule has 4 N–H and O–H groups in total. The van der Waals surface area contributed by atoms with Gasteiger partial charge in [0.2, 0.25) is 0 Å². The van der Waals surface area contributed by atoms with Crippen molar-refractivity contribution in [2.24, 2.45) is 16.8 Å². The number of nitrogen functional groups attached to an aromatic ring is 1. The zero-order chi connectivity index (χ0) is 28.2. The Balaban J connectivity index is 1.02. The van der Waals surface area contributed by atoms with Gasteiger partial charge in [-0.2, -0.15) is 0 Å². The van der Waals surface area contributed by atoms with Crippen LogP contribution in [-0.4, -0.2) is 66.7 Å². The summed E-state index contributed by atoms with van der Waals surface area (Å²) in [5.74, 6) is 1.18. The first-order valence-corrected chi connectivity index (χ1v) is 15.0. The second-order valence-corrected chi connectivity index (χ2v) is 13.3. The molecule has 0 bridgehead atoms. The smallest absolute Gasteiger partial charge is 0.145 e. The molecule has 1 aromatic carbocycles. The summed E-state index contributed by atoms with van der Waals surface area (Å²) in [5.41, 5.74) is 12.1. The van der Waals surface area contributed by atoms with E-state index in [2.05, 4.69) is 60.8 Å². The second-order valence-electron chi connectivity index (χ2n) is 13.3. The van der Waals surface area contributed by atoms with Crippen LogP contribution < -0.4 is 5.73 Å². The van der Waals surface area contributed by atoms with E-state index in [4.69, 9.17) is 10.7 Å². The maximum Gasteiger partial charge on any atom is 0.145 e. The fraction of sp³-hybridized carbons (Fsp3) is 0.594. The third-order valence-electron chi connectivity index (χ3n) is 9.74. The normalized spacial score (nSPS) is 28.2. The lowest BCUT2D eigenvalue weighted by Crippen LogP contribution is -2.47. The maximum atomic E-state index is 11.0. The van der Waals surface area contributed by atoms with E-state index in [9.17, 15) is 10.2 Å².